The predicted molar refractivity (Wildman–Crippen MR) is 51.0 cm³/mol. The molecule has 2 nitrogen and oxygen atoms in total. The first-order valence-corrected chi connectivity index (χ1v) is 4.40. The third kappa shape index (κ3) is 2.22. The average Bonchev–Trinajstić information content (AvgIpc) is 2.20. The van der Waals surface area contributed by atoms with Gasteiger partial charge >= 0.3 is 0 Å². The first kappa shape index (κ1) is 11.0. The van der Waals surface area contributed by atoms with E-state index in [0.717, 1.165) is 6.07 Å². The molecular weight excluding hydrogens is 228 g/mol. The van der Waals surface area contributed by atoms with Crippen molar-refractivity contribution in [2.45, 2.75) is 5.38 Å². The second-order valence-corrected chi connectivity index (χ2v) is 3.33. The quantitative estimate of drug-likeness (QED) is 0.581. The molecule has 0 spiro atoms. The minimum absolute atomic E-state index is 0.0356. The number of halogens is 3. The average molecular weight is 232 g/mol. The number of hydrogen-bond donors (Lipinski definition) is 0. The molecule has 1 rings (SSSR count). The summed E-state index contributed by atoms with van der Waals surface area (Å²) >= 11 is 10.8. The number of benzene rings is 1. The van der Waals surface area contributed by atoms with Crippen LogP contribution in [0.15, 0.2) is 18.2 Å². The molecule has 0 N–H and O–H groups in total. The number of Topliss-reactive ketones (excluding diaryl/α,β-unsaturated/α-hetero) is 1. The zero-order valence-electron chi connectivity index (χ0n) is 6.80. The first-order valence-electron chi connectivity index (χ1n) is 3.59. The van der Waals surface area contributed by atoms with Crippen molar-refractivity contribution in [2.24, 2.45) is 0 Å². The minimum atomic E-state index is -1.30. The molecule has 0 aromatic heterocycles. The normalized spacial score (nSPS) is 11.9. The van der Waals surface area contributed by atoms with E-state index in [-0.39, 0.29) is 10.6 Å². The van der Waals surface area contributed by atoms with Crippen LogP contribution in [0.2, 0.25) is 5.02 Å². The highest BCUT2D eigenvalue weighted by molar-refractivity contribution is 6.36. The van der Waals surface area contributed by atoms with Gasteiger partial charge in [-0.1, -0.05) is 23.2 Å². The summed E-state index contributed by atoms with van der Waals surface area (Å²) in [6, 6.07) is 5.07. The summed E-state index contributed by atoms with van der Waals surface area (Å²) in [4.78, 5) is 11.3. The van der Waals surface area contributed by atoms with Gasteiger partial charge in [0.25, 0.3) is 0 Å². The Kier molecular flexibility index (Phi) is 3.45. The van der Waals surface area contributed by atoms with Crippen LogP contribution in [0.3, 0.4) is 0 Å². The number of carbonyl (C=O) groups is 1. The van der Waals surface area contributed by atoms with Crippen molar-refractivity contribution < 1.29 is 9.18 Å². The van der Waals surface area contributed by atoms with Crippen LogP contribution in [0.5, 0.6) is 0 Å². The molecule has 0 aliphatic heterocycles. The monoisotopic (exact) mass is 231 g/mol. The van der Waals surface area contributed by atoms with E-state index in [0.29, 0.717) is 0 Å². The van der Waals surface area contributed by atoms with E-state index in [1.54, 1.807) is 6.07 Å². The summed E-state index contributed by atoms with van der Waals surface area (Å²) in [5.74, 6) is -1.34. The molecule has 5 heteroatoms. The molecule has 0 saturated carbocycles. The van der Waals surface area contributed by atoms with Crippen molar-refractivity contribution in [1.82, 2.24) is 0 Å². The van der Waals surface area contributed by atoms with Gasteiger partial charge in [0, 0.05) is 5.56 Å². The molecule has 0 amide bonds. The maximum Gasteiger partial charge on any atom is 0.195 e. The summed E-state index contributed by atoms with van der Waals surface area (Å²) in [5, 5.41) is 6.99. The second-order valence-electron chi connectivity index (χ2n) is 2.48. The Hall–Kier alpha value is -1.11. The van der Waals surface area contributed by atoms with Gasteiger partial charge in [-0.3, -0.25) is 4.79 Å². The number of rotatable bonds is 2. The van der Waals surface area contributed by atoms with Crippen LogP contribution >= 0.6 is 23.2 Å². The molecule has 72 valence electrons. The fraction of sp³-hybridized carbons (Fsp3) is 0.111. The second kappa shape index (κ2) is 4.41. The molecule has 0 heterocycles. The molecule has 1 aromatic rings. The molecular formula is C9H4Cl2FNO. The highest BCUT2D eigenvalue weighted by atomic mass is 35.5. The highest BCUT2D eigenvalue weighted by Gasteiger charge is 2.17. The standard InChI is InChI=1S/C9H4Cl2FNO/c10-6-2-1-5(3-8(6)12)9(14)7(11)4-13/h1-3,7H. The van der Waals surface area contributed by atoms with Gasteiger partial charge < -0.3 is 0 Å². The van der Waals surface area contributed by atoms with Gasteiger partial charge in [0.2, 0.25) is 0 Å². The zero-order chi connectivity index (χ0) is 10.7. The van der Waals surface area contributed by atoms with Crippen LogP contribution < -0.4 is 0 Å². The summed E-state index contributed by atoms with van der Waals surface area (Å²) in [5.41, 5.74) is 0.0356. The number of nitrogens with zero attached hydrogens (tertiary/aromatic N) is 1. The lowest BCUT2D eigenvalue weighted by atomic mass is 10.1. The molecule has 1 unspecified atom stereocenters. The van der Waals surface area contributed by atoms with Crippen molar-refractivity contribution in [3.63, 3.8) is 0 Å². The smallest absolute Gasteiger partial charge is 0.195 e. The molecule has 0 aliphatic rings. The van der Waals surface area contributed by atoms with Gasteiger partial charge in [0.1, 0.15) is 5.82 Å². The van der Waals surface area contributed by atoms with Gasteiger partial charge in [0.05, 0.1) is 11.1 Å². The van der Waals surface area contributed by atoms with Crippen LogP contribution in [0.25, 0.3) is 0 Å². The Morgan fingerprint density at radius 1 is 1.57 bits per heavy atom. The molecule has 14 heavy (non-hydrogen) atoms. The van der Waals surface area contributed by atoms with Gasteiger partial charge in [-0.2, -0.15) is 5.26 Å². The van der Waals surface area contributed by atoms with Gasteiger partial charge in [-0.25, -0.2) is 4.39 Å². The Bertz CT molecular complexity index is 414. The Balaban J connectivity index is 3.04. The predicted octanol–water partition coefficient (Wildman–Crippen LogP) is 2.79. The van der Waals surface area contributed by atoms with Gasteiger partial charge in [-0.05, 0) is 18.2 Å². The molecule has 0 fully saturated rings. The van der Waals surface area contributed by atoms with Crippen molar-refractivity contribution in [1.29, 1.82) is 5.26 Å². The Morgan fingerprint density at radius 3 is 2.71 bits per heavy atom. The van der Waals surface area contributed by atoms with Crippen molar-refractivity contribution >= 4 is 29.0 Å². The van der Waals surface area contributed by atoms with E-state index < -0.39 is 17.0 Å². The topological polar surface area (TPSA) is 40.9 Å². The molecule has 1 atom stereocenters. The van der Waals surface area contributed by atoms with Crippen molar-refractivity contribution in [3.05, 3.63) is 34.6 Å². The molecule has 0 bridgehead atoms. The molecule has 0 aliphatic carbocycles. The van der Waals surface area contributed by atoms with Gasteiger partial charge in [0.15, 0.2) is 11.2 Å². The van der Waals surface area contributed by atoms with Crippen LogP contribution in [0.1, 0.15) is 10.4 Å². The summed E-state index contributed by atoms with van der Waals surface area (Å²) < 4.78 is 12.9. The van der Waals surface area contributed by atoms with E-state index in [1.165, 1.54) is 12.1 Å². The fourth-order valence-electron chi connectivity index (χ4n) is 0.854. The number of ketones is 1. The Morgan fingerprint density at radius 2 is 2.21 bits per heavy atom. The number of alkyl halides is 1. The van der Waals surface area contributed by atoms with E-state index in [9.17, 15) is 9.18 Å². The first-order chi connectivity index (χ1) is 6.56. The number of hydrogen-bond acceptors (Lipinski definition) is 2. The van der Waals surface area contributed by atoms with Crippen LogP contribution in [-0.2, 0) is 0 Å². The summed E-state index contributed by atoms with van der Waals surface area (Å²) in [6.07, 6.45) is 0. The van der Waals surface area contributed by atoms with Crippen molar-refractivity contribution in [2.75, 3.05) is 0 Å². The van der Waals surface area contributed by atoms with Crippen molar-refractivity contribution in [3.8, 4) is 6.07 Å². The van der Waals surface area contributed by atoms with Crippen LogP contribution in [0.4, 0.5) is 4.39 Å². The SMILES string of the molecule is N#CC(Cl)C(=O)c1ccc(Cl)c(F)c1. The third-order valence-corrected chi connectivity index (χ3v) is 2.15. The summed E-state index contributed by atoms with van der Waals surface area (Å²) in [7, 11) is 0. The number of carbonyl (C=O) groups excluding carboxylic acids is 1. The largest absolute Gasteiger partial charge is 0.291 e. The fourth-order valence-corrected chi connectivity index (χ4v) is 1.10. The molecule has 0 saturated heterocycles. The van der Waals surface area contributed by atoms with E-state index in [2.05, 4.69) is 0 Å². The van der Waals surface area contributed by atoms with E-state index in [1.807, 2.05) is 0 Å². The third-order valence-electron chi connectivity index (χ3n) is 1.55. The van der Waals surface area contributed by atoms with Crippen LogP contribution in [0, 0.1) is 17.1 Å². The lowest BCUT2D eigenvalue weighted by Gasteiger charge is -2.01. The summed E-state index contributed by atoms with van der Waals surface area (Å²) in [6.45, 7) is 0. The molecule has 1 aromatic carbocycles. The highest BCUT2D eigenvalue weighted by Crippen LogP contribution is 2.17. The Labute approximate surface area is 89.9 Å². The molecule has 0 radical (unpaired) electrons. The maximum atomic E-state index is 12.9. The number of nitriles is 1. The lowest BCUT2D eigenvalue weighted by molar-refractivity contribution is 0.100. The van der Waals surface area contributed by atoms with Crippen LogP contribution in [-0.4, -0.2) is 11.2 Å². The zero-order valence-corrected chi connectivity index (χ0v) is 8.31. The van der Waals surface area contributed by atoms with Gasteiger partial charge in [-0.15, -0.1) is 0 Å². The van der Waals surface area contributed by atoms with E-state index >= 15 is 0 Å². The minimum Gasteiger partial charge on any atom is -0.291 e. The lowest BCUT2D eigenvalue weighted by Crippen LogP contribution is -2.12. The van der Waals surface area contributed by atoms with E-state index in [4.69, 9.17) is 28.5 Å². The maximum absolute atomic E-state index is 12.9.